The molecule has 0 bridgehead atoms. The number of anilines is 1. The van der Waals surface area contributed by atoms with E-state index in [-0.39, 0.29) is 29.0 Å². The molecule has 2 N–H and O–H groups in total. The summed E-state index contributed by atoms with van der Waals surface area (Å²) in [6, 6.07) is 3.70. The lowest BCUT2D eigenvalue weighted by Crippen LogP contribution is -2.38. The van der Waals surface area contributed by atoms with Crippen LogP contribution in [0.5, 0.6) is 0 Å². The van der Waals surface area contributed by atoms with Crippen LogP contribution in [-0.4, -0.2) is 21.9 Å². The van der Waals surface area contributed by atoms with Gasteiger partial charge >= 0.3 is 0 Å². The van der Waals surface area contributed by atoms with Crippen molar-refractivity contribution in [2.75, 3.05) is 5.32 Å². The highest BCUT2D eigenvalue weighted by molar-refractivity contribution is 5.73. The van der Waals surface area contributed by atoms with E-state index in [1.54, 1.807) is 0 Å². The van der Waals surface area contributed by atoms with Gasteiger partial charge in [-0.25, -0.2) is 9.37 Å². The summed E-state index contributed by atoms with van der Waals surface area (Å²) in [7, 11) is 0. The minimum atomic E-state index is -1.08. The Morgan fingerprint density at radius 3 is 2.71 bits per heavy atom. The molecule has 184 valence electrons. The summed E-state index contributed by atoms with van der Waals surface area (Å²) < 4.78 is 41.9. The quantitative estimate of drug-likeness (QED) is 0.304. The van der Waals surface area contributed by atoms with E-state index in [9.17, 15) is 18.0 Å². The normalized spacial score (nSPS) is 18.6. The largest absolute Gasteiger partial charge is 0.354 e. The molecule has 0 spiro atoms. The number of carbonyl (C=O) groups is 1. The van der Waals surface area contributed by atoms with E-state index in [2.05, 4.69) is 33.6 Å². The van der Waals surface area contributed by atoms with Gasteiger partial charge in [-0.1, -0.05) is 38.7 Å². The van der Waals surface area contributed by atoms with Gasteiger partial charge in [-0.2, -0.15) is 13.8 Å². The number of nitrogens with zero attached hydrogens (tertiary/aromatic N) is 2. The highest BCUT2D eigenvalue weighted by Gasteiger charge is 2.26. The van der Waals surface area contributed by atoms with Crippen molar-refractivity contribution in [3.05, 3.63) is 53.9 Å². The van der Waals surface area contributed by atoms with Gasteiger partial charge in [0.2, 0.25) is 17.8 Å². The number of carbonyl (C=O) groups excluding carboxylic acids is 1. The maximum Gasteiger partial charge on any atom is 0.223 e. The number of pyridine rings is 2. The maximum atomic E-state index is 14.5. The molecule has 8 heteroatoms. The number of unbranched alkanes of at least 4 members (excludes halogenated alkanes) is 4. The van der Waals surface area contributed by atoms with Crippen molar-refractivity contribution in [3.8, 4) is 11.1 Å². The van der Waals surface area contributed by atoms with Gasteiger partial charge in [-0.15, -0.1) is 0 Å². The standard InChI is InChI=1S/C26H33F3N4O/c1-3-4-5-6-7-11-23(18-9-8-10-19(14-18)31-17(2)34)32-25-15-21(22(27)16-30-25)20-12-13-24(28)33-26(20)29/h11-13,15-16,18-19H,3-10,14H2,1-2H3,(H,30,32)(H,31,34)/t18-,19+/m0/s1. The van der Waals surface area contributed by atoms with Gasteiger partial charge in [0.25, 0.3) is 0 Å². The zero-order valence-electron chi connectivity index (χ0n) is 19.8. The summed E-state index contributed by atoms with van der Waals surface area (Å²) in [6.45, 7) is 3.70. The fraction of sp³-hybridized carbons (Fsp3) is 0.500. The zero-order chi connectivity index (χ0) is 24.5. The number of hydrogen-bond acceptors (Lipinski definition) is 4. The third-order valence-corrected chi connectivity index (χ3v) is 6.18. The molecule has 2 atom stereocenters. The molecule has 1 saturated carbocycles. The Morgan fingerprint density at radius 1 is 1.15 bits per heavy atom. The zero-order valence-corrected chi connectivity index (χ0v) is 19.8. The van der Waals surface area contributed by atoms with E-state index in [1.807, 2.05) is 0 Å². The third-order valence-electron chi connectivity index (χ3n) is 6.18. The topological polar surface area (TPSA) is 66.9 Å². The van der Waals surface area contributed by atoms with Gasteiger partial charge in [0.15, 0.2) is 0 Å². The summed E-state index contributed by atoms with van der Waals surface area (Å²) in [4.78, 5) is 18.9. The molecule has 1 aliphatic rings. The highest BCUT2D eigenvalue weighted by atomic mass is 19.1. The van der Waals surface area contributed by atoms with Crippen molar-refractivity contribution in [1.29, 1.82) is 0 Å². The minimum absolute atomic E-state index is 0.0374. The average Bonchev–Trinajstić information content (AvgIpc) is 2.79. The fourth-order valence-electron chi connectivity index (χ4n) is 4.51. The van der Waals surface area contributed by atoms with Gasteiger partial charge in [-0.05, 0) is 50.3 Å². The number of rotatable bonds is 10. The second-order valence-electron chi connectivity index (χ2n) is 8.92. The number of nitrogens with one attached hydrogen (secondary N) is 2. The van der Waals surface area contributed by atoms with Crippen LogP contribution in [0.15, 0.2) is 36.2 Å². The Balaban J connectivity index is 1.84. The summed E-state index contributed by atoms with van der Waals surface area (Å²) in [5.41, 5.74) is 0.816. The van der Waals surface area contributed by atoms with Gasteiger partial charge < -0.3 is 10.6 Å². The Labute approximate surface area is 199 Å². The molecule has 1 fully saturated rings. The Bertz CT molecular complexity index is 1010. The summed E-state index contributed by atoms with van der Waals surface area (Å²) in [5.74, 6) is -2.23. The monoisotopic (exact) mass is 474 g/mol. The molecule has 1 aliphatic carbocycles. The molecule has 2 heterocycles. The third kappa shape index (κ3) is 7.30. The lowest BCUT2D eigenvalue weighted by Gasteiger charge is -2.31. The molecule has 0 aliphatic heterocycles. The molecular weight excluding hydrogens is 441 g/mol. The summed E-state index contributed by atoms with van der Waals surface area (Å²) in [5, 5.41) is 6.36. The van der Waals surface area contributed by atoms with E-state index in [0.717, 1.165) is 69.3 Å². The Morgan fingerprint density at radius 2 is 1.97 bits per heavy atom. The van der Waals surface area contributed by atoms with Crippen LogP contribution in [0, 0.1) is 23.6 Å². The predicted molar refractivity (Wildman–Crippen MR) is 127 cm³/mol. The van der Waals surface area contributed by atoms with E-state index >= 15 is 0 Å². The minimum Gasteiger partial charge on any atom is -0.354 e. The first-order valence-electron chi connectivity index (χ1n) is 12.1. The van der Waals surface area contributed by atoms with Crippen molar-refractivity contribution in [1.82, 2.24) is 15.3 Å². The van der Waals surface area contributed by atoms with Gasteiger partial charge in [0.1, 0.15) is 11.6 Å². The molecule has 0 unspecified atom stereocenters. The van der Waals surface area contributed by atoms with Crippen LogP contribution in [0.4, 0.5) is 19.0 Å². The lowest BCUT2D eigenvalue weighted by atomic mass is 9.83. The molecule has 3 rings (SSSR count). The molecule has 34 heavy (non-hydrogen) atoms. The van der Waals surface area contributed by atoms with E-state index < -0.39 is 17.7 Å². The molecule has 1 amide bonds. The number of amides is 1. The van der Waals surface area contributed by atoms with Crippen molar-refractivity contribution >= 4 is 11.7 Å². The fourth-order valence-corrected chi connectivity index (χ4v) is 4.51. The first-order chi connectivity index (χ1) is 16.4. The number of hydrogen-bond donors (Lipinski definition) is 2. The molecule has 0 saturated heterocycles. The summed E-state index contributed by atoms with van der Waals surface area (Å²) >= 11 is 0. The van der Waals surface area contributed by atoms with Crippen LogP contribution in [0.3, 0.4) is 0 Å². The van der Waals surface area contributed by atoms with Gasteiger partial charge in [-0.3, -0.25) is 4.79 Å². The Kier molecular flexibility index (Phi) is 9.48. The second kappa shape index (κ2) is 12.5. The second-order valence-corrected chi connectivity index (χ2v) is 8.92. The molecule has 2 aromatic rings. The molecular formula is C26H33F3N4O. The van der Waals surface area contributed by atoms with Gasteiger partial charge in [0.05, 0.1) is 6.20 Å². The van der Waals surface area contributed by atoms with E-state index in [4.69, 9.17) is 0 Å². The predicted octanol–water partition coefficient (Wildman–Crippen LogP) is 6.52. The first kappa shape index (κ1) is 25.7. The van der Waals surface area contributed by atoms with Crippen LogP contribution in [-0.2, 0) is 4.79 Å². The van der Waals surface area contributed by atoms with Crippen LogP contribution in [0.1, 0.15) is 71.6 Å². The lowest BCUT2D eigenvalue weighted by molar-refractivity contribution is -0.119. The van der Waals surface area contributed by atoms with Crippen LogP contribution in [0.25, 0.3) is 11.1 Å². The maximum absolute atomic E-state index is 14.5. The number of aromatic nitrogens is 2. The van der Waals surface area contributed by atoms with Crippen LogP contribution < -0.4 is 10.6 Å². The first-order valence-corrected chi connectivity index (χ1v) is 12.1. The summed E-state index contributed by atoms with van der Waals surface area (Å²) in [6.07, 6.45) is 12.3. The number of allylic oxidation sites excluding steroid dienone is 2. The number of halogens is 3. The van der Waals surface area contributed by atoms with Crippen molar-refractivity contribution in [2.45, 2.75) is 77.7 Å². The SMILES string of the molecule is CCCCCCC=C(Nc1cc(-c2ccc(F)nc2F)c(F)cn1)[C@H]1CCC[C@@H](NC(C)=O)C1. The molecule has 0 radical (unpaired) electrons. The van der Waals surface area contributed by atoms with Crippen molar-refractivity contribution in [2.24, 2.45) is 5.92 Å². The molecule has 0 aromatic carbocycles. The smallest absolute Gasteiger partial charge is 0.223 e. The van der Waals surface area contributed by atoms with E-state index in [1.165, 1.54) is 25.5 Å². The molecule has 5 nitrogen and oxygen atoms in total. The van der Waals surface area contributed by atoms with E-state index in [0.29, 0.717) is 5.82 Å². The van der Waals surface area contributed by atoms with Gasteiger partial charge in [0, 0.05) is 35.7 Å². The van der Waals surface area contributed by atoms with Crippen molar-refractivity contribution in [3.63, 3.8) is 0 Å². The average molecular weight is 475 g/mol. The van der Waals surface area contributed by atoms with Crippen LogP contribution >= 0.6 is 0 Å². The molecule has 2 aromatic heterocycles. The van der Waals surface area contributed by atoms with Crippen molar-refractivity contribution < 1.29 is 18.0 Å². The highest BCUT2D eigenvalue weighted by Crippen LogP contribution is 2.33. The Hall–Kier alpha value is -2.90. The van der Waals surface area contributed by atoms with Crippen LogP contribution in [0.2, 0.25) is 0 Å².